The van der Waals surface area contributed by atoms with Gasteiger partial charge < -0.3 is 20.0 Å². The van der Waals surface area contributed by atoms with Gasteiger partial charge >= 0.3 is 0 Å². The highest BCUT2D eigenvalue weighted by molar-refractivity contribution is 5.96. The number of nitrogens with zero attached hydrogens (tertiary/aromatic N) is 3. The summed E-state index contributed by atoms with van der Waals surface area (Å²) < 4.78 is 7.42. The van der Waals surface area contributed by atoms with Gasteiger partial charge in [-0.3, -0.25) is 14.3 Å². The second kappa shape index (κ2) is 6.72. The number of rotatable bonds is 5. The molecule has 8 nitrogen and oxygen atoms in total. The minimum atomic E-state index is -0.499. The highest BCUT2D eigenvalue weighted by Gasteiger charge is 2.36. The summed E-state index contributed by atoms with van der Waals surface area (Å²) in [7, 11) is 0. The summed E-state index contributed by atoms with van der Waals surface area (Å²) in [6.07, 6.45) is 5.57. The smallest absolute Gasteiger partial charge is 0.290 e. The van der Waals surface area contributed by atoms with Crippen LogP contribution >= 0.6 is 0 Å². The second-order valence-corrected chi connectivity index (χ2v) is 6.47. The number of hydrogen-bond acceptors (Lipinski definition) is 5. The molecule has 0 bridgehead atoms. The highest BCUT2D eigenvalue weighted by Crippen LogP contribution is 2.20. The first-order valence-electron chi connectivity index (χ1n) is 8.59. The molecule has 4 rings (SSSR count). The van der Waals surface area contributed by atoms with Crippen LogP contribution in [-0.4, -0.2) is 58.2 Å². The van der Waals surface area contributed by atoms with Gasteiger partial charge in [-0.15, -0.1) is 0 Å². The number of carbonyl (C=O) groups excluding carboxylic acids is 2. The van der Waals surface area contributed by atoms with Gasteiger partial charge in [-0.25, -0.2) is 0 Å². The molecule has 0 spiro atoms. The van der Waals surface area contributed by atoms with Crippen LogP contribution in [0.3, 0.4) is 0 Å². The van der Waals surface area contributed by atoms with E-state index in [1.54, 1.807) is 27.9 Å². The molecule has 1 saturated carbocycles. The molecule has 1 unspecified atom stereocenters. The number of hydrogen-bond donors (Lipinski definition) is 2. The zero-order valence-corrected chi connectivity index (χ0v) is 13.9. The highest BCUT2D eigenvalue weighted by atomic mass is 16.4. The van der Waals surface area contributed by atoms with Gasteiger partial charge in [0.15, 0.2) is 5.76 Å². The van der Waals surface area contributed by atoms with Crippen LogP contribution in [0.4, 0.5) is 0 Å². The van der Waals surface area contributed by atoms with E-state index in [0.29, 0.717) is 31.9 Å². The lowest BCUT2D eigenvalue weighted by Crippen LogP contribution is -2.59. The molecule has 8 heteroatoms. The lowest BCUT2D eigenvalue weighted by Gasteiger charge is -2.34. The standard InChI is InChI=1S/C17H21N5O3/c23-16(20-12-2-3-12)14-10-18-7-9-22(14)17(24)15-5-4-13(25-15)11-21-8-1-6-19-21/h1,4-6,8,12,14,18H,2-3,7,9-11H2,(H,20,23). The summed E-state index contributed by atoms with van der Waals surface area (Å²) in [6, 6.07) is 5.05. The molecule has 2 aromatic rings. The number of nitrogens with one attached hydrogen (secondary N) is 2. The number of carbonyl (C=O) groups is 2. The summed E-state index contributed by atoms with van der Waals surface area (Å²) in [4.78, 5) is 26.9. The third kappa shape index (κ3) is 3.58. The molecule has 3 heterocycles. The van der Waals surface area contributed by atoms with Gasteiger partial charge in [-0.05, 0) is 31.0 Å². The van der Waals surface area contributed by atoms with Gasteiger partial charge in [0.25, 0.3) is 5.91 Å². The molecule has 0 aromatic carbocycles. The summed E-state index contributed by atoms with van der Waals surface area (Å²) in [5.74, 6) is 0.574. The molecular formula is C17H21N5O3. The molecule has 2 amide bonds. The number of aromatic nitrogens is 2. The predicted octanol–water partition coefficient (Wildman–Crippen LogP) is 0.217. The fourth-order valence-electron chi connectivity index (χ4n) is 2.98. The van der Waals surface area contributed by atoms with Gasteiger partial charge in [0.1, 0.15) is 11.8 Å². The minimum absolute atomic E-state index is 0.0913. The Morgan fingerprint density at radius 1 is 1.36 bits per heavy atom. The second-order valence-electron chi connectivity index (χ2n) is 6.47. The SMILES string of the molecule is O=C(NC1CC1)C1CNCCN1C(=O)c1ccc(Cn2cccn2)o1. The summed E-state index contributed by atoms with van der Waals surface area (Å²) in [5.41, 5.74) is 0. The topological polar surface area (TPSA) is 92.4 Å². The minimum Gasteiger partial charge on any atom is -0.454 e. The van der Waals surface area contributed by atoms with Crippen molar-refractivity contribution in [3.8, 4) is 0 Å². The van der Waals surface area contributed by atoms with Crippen molar-refractivity contribution >= 4 is 11.8 Å². The normalized spacial score (nSPS) is 20.5. The Kier molecular flexibility index (Phi) is 4.27. The number of piperazine rings is 1. The van der Waals surface area contributed by atoms with Crippen molar-refractivity contribution in [3.63, 3.8) is 0 Å². The van der Waals surface area contributed by atoms with Crippen LogP contribution in [0, 0.1) is 0 Å². The zero-order chi connectivity index (χ0) is 17.2. The van der Waals surface area contributed by atoms with E-state index in [4.69, 9.17) is 4.42 Å². The van der Waals surface area contributed by atoms with Crippen molar-refractivity contribution in [2.75, 3.05) is 19.6 Å². The summed E-state index contributed by atoms with van der Waals surface area (Å²) >= 11 is 0. The Balaban J connectivity index is 1.46. The van der Waals surface area contributed by atoms with Gasteiger partial charge in [0, 0.05) is 38.1 Å². The molecule has 132 valence electrons. The molecule has 25 heavy (non-hydrogen) atoms. The Morgan fingerprint density at radius 3 is 3.00 bits per heavy atom. The lowest BCUT2D eigenvalue weighted by molar-refractivity contribution is -0.126. The van der Waals surface area contributed by atoms with Crippen LogP contribution in [0.2, 0.25) is 0 Å². The van der Waals surface area contributed by atoms with E-state index >= 15 is 0 Å². The molecule has 2 fully saturated rings. The Hall–Kier alpha value is -2.61. The Labute approximate surface area is 145 Å². The molecule has 1 saturated heterocycles. The predicted molar refractivity (Wildman–Crippen MR) is 88.9 cm³/mol. The first-order valence-corrected chi connectivity index (χ1v) is 8.59. The van der Waals surface area contributed by atoms with E-state index in [9.17, 15) is 9.59 Å². The van der Waals surface area contributed by atoms with Crippen LogP contribution in [0.5, 0.6) is 0 Å². The third-order valence-corrected chi connectivity index (χ3v) is 4.48. The van der Waals surface area contributed by atoms with Crippen LogP contribution in [0.25, 0.3) is 0 Å². The maximum Gasteiger partial charge on any atom is 0.290 e. The molecule has 1 aliphatic heterocycles. The Bertz CT molecular complexity index is 750. The molecule has 1 aliphatic carbocycles. The van der Waals surface area contributed by atoms with Crippen LogP contribution < -0.4 is 10.6 Å². The number of amides is 2. The Morgan fingerprint density at radius 2 is 2.24 bits per heavy atom. The van der Waals surface area contributed by atoms with Crippen LogP contribution in [0.15, 0.2) is 35.0 Å². The average Bonchev–Trinajstić information content (AvgIpc) is 3.10. The van der Waals surface area contributed by atoms with Crippen molar-refractivity contribution in [1.29, 1.82) is 0 Å². The van der Waals surface area contributed by atoms with Crippen molar-refractivity contribution in [3.05, 3.63) is 42.1 Å². The fourth-order valence-corrected chi connectivity index (χ4v) is 2.98. The largest absolute Gasteiger partial charge is 0.454 e. The first-order chi connectivity index (χ1) is 12.2. The van der Waals surface area contributed by atoms with E-state index in [0.717, 1.165) is 12.8 Å². The van der Waals surface area contributed by atoms with E-state index < -0.39 is 6.04 Å². The molecule has 0 radical (unpaired) electrons. The first kappa shape index (κ1) is 15.9. The zero-order valence-electron chi connectivity index (χ0n) is 13.9. The van der Waals surface area contributed by atoms with E-state index in [1.165, 1.54) is 0 Å². The third-order valence-electron chi connectivity index (χ3n) is 4.48. The number of furan rings is 1. The quantitative estimate of drug-likeness (QED) is 0.810. The molecule has 2 aliphatic rings. The maximum absolute atomic E-state index is 12.8. The molecular weight excluding hydrogens is 322 g/mol. The average molecular weight is 343 g/mol. The van der Waals surface area contributed by atoms with Gasteiger partial charge in [0.2, 0.25) is 5.91 Å². The van der Waals surface area contributed by atoms with Crippen molar-refractivity contribution in [2.24, 2.45) is 0 Å². The van der Waals surface area contributed by atoms with E-state index in [2.05, 4.69) is 15.7 Å². The molecule has 2 aromatic heterocycles. The molecule has 1 atom stereocenters. The fraction of sp³-hybridized carbons (Fsp3) is 0.471. The molecule has 2 N–H and O–H groups in total. The monoisotopic (exact) mass is 343 g/mol. The van der Waals surface area contributed by atoms with Crippen LogP contribution in [0.1, 0.15) is 29.2 Å². The summed E-state index contributed by atoms with van der Waals surface area (Å²) in [5, 5.41) is 10.3. The van der Waals surface area contributed by atoms with E-state index in [-0.39, 0.29) is 23.6 Å². The van der Waals surface area contributed by atoms with Crippen molar-refractivity contribution in [1.82, 2.24) is 25.3 Å². The van der Waals surface area contributed by atoms with Crippen molar-refractivity contribution < 1.29 is 14.0 Å². The van der Waals surface area contributed by atoms with Crippen LogP contribution in [-0.2, 0) is 11.3 Å². The lowest BCUT2D eigenvalue weighted by atomic mass is 10.1. The van der Waals surface area contributed by atoms with Gasteiger partial charge in [-0.2, -0.15) is 5.10 Å². The van der Waals surface area contributed by atoms with E-state index in [1.807, 2.05) is 12.3 Å². The maximum atomic E-state index is 12.8. The van der Waals surface area contributed by atoms with Gasteiger partial charge in [-0.1, -0.05) is 0 Å². The van der Waals surface area contributed by atoms with Crippen molar-refractivity contribution in [2.45, 2.75) is 31.5 Å². The van der Waals surface area contributed by atoms with Gasteiger partial charge in [0.05, 0.1) is 6.54 Å². The summed E-state index contributed by atoms with van der Waals surface area (Å²) in [6.45, 7) is 2.08.